The molecule has 0 aliphatic heterocycles. The third-order valence-corrected chi connectivity index (χ3v) is 4.30. The Labute approximate surface area is 98.6 Å². The lowest BCUT2D eigenvalue weighted by molar-refractivity contribution is 1.50. The van der Waals surface area contributed by atoms with Gasteiger partial charge in [0.15, 0.2) is 0 Å². The molecule has 0 amide bonds. The molecule has 1 aromatic carbocycles. The van der Waals surface area contributed by atoms with E-state index in [1.807, 2.05) is 11.4 Å². The quantitative estimate of drug-likeness (QED) is 0.642. The minimum atomic E-state index is 0.631. The molecule has 0 atom stereocenters. The van der Waals surface area contributed by atoms with Gasteiger partial charge in [-0.2, -0.15) is 0 Å². The highest BCUT2D eigenvalue weighted by atomic mass is 79.9. The van der Waals surface area contributed by atoms with Gasteiger partial charge in [0, 0.05) is 5.33 Å². The lowest BCUT2D eigenvalue weighted by Crippen LogP contribution is -1.79. The first-order valence-electron chi connectivity index (χ1n) is 3.64. The Balaban J connectivity index is 2.87. The molecule has 2 rings (SSSR count). The molecule has 0 radical (unpaired) electrons. The average Bonchev–Trinajstić information content (AvgIpc) is 2.60. The predicted octanol–water partition coefficient (Wildman–Crippen LogP) is 5.10. The van der Waals surface area contributed by atoms with Crippen molar-refractivity contribution in [2.75, 3.05) is 0 Å². The number of fused-ring (bicyclic) bond motifs is 1. The monoisotopic (exact) mass is 294 g/mol. The van der Waals surface area contributed by atoms with Crippen molar-refractivity contribution in [3.8, 4) is 0 Å². The lowest BCUT2D eigenvalue weighted by Gasteiger charge is -2.02. The van der Waals surface area contributed by atoms with E-state index in [0.717, 1.165) is 10.0 Å². The molecule has 1 aromatic heterocycles. The highest BCUT2D eigenvalue weighted by molar-refractivity contribution is 9.08. The molecule has 0 aliphatic carbocycles. The third-order valence-electron chi connectivity index (χ3n) is 1.87. The van der Waals surface area contributed by atoms with Crippen LogP contribution in [0, 0.1) is 0 Å². The highest BCUT2D eigenvalue weighted by Crippen LogP contribution is 2.37. The van der Waals surface area contributed by atoms with Gasteiger partial charge in [-0.1, -0.05) is 39.1 Å². The number of thiophene rings is 1. The van der Waals surface area contributed by atoms with E-state index in [-0.39, 0.29) is 0 Å². The molecule has 0 N–H and O–H groups in total. The fourth-order valence-corrected chi connectivity index (χ4v) is 3.16. The number of hydrogen-bond donors (Lipinski definition) is 0. The topological polar surface area (TPSA) is 0 Å². The molecule has 0 nitrogen and oxygen atoms in total. The zero-order valence-corrected chi connectivity index (χ0v) is 10.4. The smallest absolute Gasteiger partial charge is 0.0770 e. The van der Waals surface area contributed by atoms with Crippen LogP contribution < -0.4 is 0 Å². The third kappa shape index (κ3) is 1.61. The Morgan fingerprint density at radius 2 is 2.15 bits per heavy atom. The SMILES string of the molecule is Clc1cc(CBr)c2ccsc2c1Cl. The number of hydrogen-bond acceptors (Lipinski definition) is 1. The van der Waals surface area contributed by atoms with Gasteiger partial charge >= 0.3 is 0 Å². The molecule has 0 unspecified atom stereocenters. The normalized spacial score (nSPS) is 11.0. The van der Waals surface area contributed by atoms with E-state index >= 15 is 0 Å². The number of alkyl halides is 1. The first-order chi connectivity index (χ1) is 6.24. The van der Waals surface area contributed by atoms with Crippen LogP contribution in [0.15, 0.2) is 17.5 Å². The summed E-state index contributed by atoms with van der Waals surface area (Å²) in [7, 11) is 0. The molecule has 0 bridgehead atoms. The lowest BCUT2D eigenvalue weighted by atomic mass is 10.1. The molecule has 68 valence electrons. The van der Waals surface area contributed by atoms with E-state index in [9.17, 15) is 0 Å². The Bertz CT molecular complexity index is 450. The van der Waals surface area contributed by atoms with Gasteiger partial charge in [-0.25, -0.2) is 0 Å². The van der Waals surface area contributed by atoms with Crippen molar-refractivity contribution in [2.24, 2.45) is 0 Å². The standard InChI is InChI=1S/C9H5BrCl2S/c10-4-5-3-7(11)8(12)9-6(5)1-2-13-9/h1-3H,4H2. The molecular formula is C9H5BrCl2S. The summed E-state index contributed by atoms with van der Waals surface area (Å²) in [5, 5.41) is 5.31. The second-order valence-corrected chi connectivity index (χ2v) is 4.89. The largest absolute Gasteiger partial charge is 0.142 e. The van der Waals surface area contributed by atoms with Crippen LogP contribution in [0.3, 0.4) is 0 Å². The van der Waals surface area contributed by atoms with E-state index in [2.05, 4.69) is 22.0 Å². The minimum Gasteiger partial charge on any atom is -0.142 e. The number of halogens is 3. The van der Waals surface area contributed by atoms with Crippen LogP contribution in [0.1, 0.15) is 5.56 Å². The summed E-state index contributed by atoms with van der Waals surface area (Å²) >= 11 is 17.1. The van der Waals surface area contributed by atoms with Gasteiger partial charge in [-0.15, -0.1) is 11.3 Å². The maximum atomic E-state index is 6.06. The first kappa shape index (κ1) is 9.78. The molecule has 0 aliphatic rings. The van der Waals surface area contributed by atoms with Crippen LogP contribution in [0.25, 0.3) is 10.1 Å². The Hall–Kier alpha value is 0.240. The summed E-state index contributed by atoms with van der Waals surface area (Å²) in [4.78, 5) is 0. The summed E-state index contributed by atoms with van der Waals surface area (Å²) in [5.74, 6) is 0. The van der Waals surface area contributed by atoms with Crippen molar-refractivity contribution in [1.29, 1.82) is 0 Å². The molecule has 1 heterocycles. The molecule has 2 aromatic rings. The van der Waals surface area contributed by atoms with Crippen LogP contribution in [0.4, 0.5) is 0 Å². The Kier molecular flexibility index (Phi) is 2.84. The van der Waals surface area contributed by atoms with Crippen molar-refractivity contribution >= 4 is 60.6 Å². The van der Waals surface area contributed by atoms with E-state index in [0.29, 0.717) is 10.0 Å². The maximum absolute atomic E-state index is 6.06. The zero-order chi connectivity index (χ0) is 9.42. The summed E-state index contributed by atoms with van der Waals surface area (Å²) in [6.07, 6.45) is 0. The van der Waals surface area contributed by atoms with Crippen LogP contribution in [-0.4, -0.2) is 0 Å². The fourth-order valence-electron chi connectivity index (χ4n) is 1.25. The van der Waals surface area contributed by atoms with E-state index in [4.69, 9.17) is 23.2 Å². The van der Waals surface area contributed by atoms with E-state index in [1.54, 1.807) is 11.3 Å². The Morgan fingerprint density at radius 1 is 1.38 bits per heavy atom. The number of rotatable bonds is 1. The van der Waals surface area contributed by atoms with E-state index in [1.165, 1.54) is 10.9 Å². The maximum Gasteiger partial charge on any atom is 0.0770 e. The molecule has 0 saturated heterocycles. The summed E-state index contributed by atoms with van der Waals surface area (Å²) in [6, 6.07) is 3.98. The Morgan fingerprint density at radius 3 is 2.85 bits per heavy atom. The minimum absolute atomic E-state index is 0.631. The van der Waals surface area contributed by atoms with Crippen molar-refractivity contribution < 1.29 is 0 Å². The van der Waals surface area contributed by atoms with Gasteiger partial charge in [-0.3, -0.25) is 0 Å². The van der Waals surface area contributed by atoms with Crippen LogP contribution in [-0.2, 0) is 5.33 Å². The zero-order valence-electron chi connectivity index (χ0n) is 6.48. The first-order valence-corrected chi connectivity index (χ1v) is 6.40. The molecule has 0 saturated carbocycles. The highest BCUT2D eigenvalue weighted by Gasteiger charge is 2.09. The number of benzene rings is 1. The van der Waals surface area contributed by atoms with Gasteiger partial charge in [0.2, 0.25) is 0 Å². The molecule has 4 heteroatoms. The second-order valence-electron chi connectivity index (χ2n) is 2.63. The van der Waals surface area contributed by atoms with Crippen molar-refractivity contribution in [3.05, 3.63) is 33.1 Å². The summed E-state index contributed by atoms with van der Waals surface area (Å²) in [5.41, 5.74) is 1.19. The van der Waals surface area contributed by atoms with Crippen LogP contribution >= 0.6 is 50.5 Å². The molecule has 0 fully saturated rings. The second kappa shape index (κ2) is 3.77. The predicted molar refractivity (Wildman–Crippen MR) is 64.5 cm³/mol. The van der Waals surface area contributed by atoms with Crippen molar-refractivity contribution in [1.82, 2.24) is 0 Å². The summed E-state index contributed by atoms with van der Waals surface area (Å²) < 4.78 is 1.07. The van der Waals surface area contributed by atoms with Gasteiger partial charge in [0.1, 0.15) is 0 Å². The molecule has 0 spiro atoms. The van der Waals surface area contributed by atoms with Crippen LogP contribution in [0.5, 0.6) is 0 Å². The molecule has 13 heavy (non-hydrogen) atoms. The fraction of sp³-hybridized carbons (Fsp3) is 0.111. The van der Waals surface area contributed by atoms with Gasteiger partial charge in [-0.05, 0) is 28.5 Å². The van der Waals surface area contributed by atoms with E-state index < -0.39 is 0 Å². The van der Waals surface area contributed by atoms with Gasteiger partial charge in [0.05, 0.1) is 14.7 Å². The van der Waals surface area contributed by atoms with Crippen molar-refractivity contribution in [3.63, 3.8) is 0 Å². The van der Waals surface area contributed by atoms with Gasteiger partial charge in [0.25, 0.3) is 0 Å². The van der Waals surface area contributed by atoms with Crippen LogP contribution in [0.2, 0.25) is 10.0 Å². The molecular weight excluding hydrogens is 291 g/mol. The van der Waals surface area contributed by atoms with Gasteiger partial charge < -0.3 is 0 Å². The summed E-state index contributed by atoms with van der Waals surface area (Å²) in [6.45, 7) is 0. The van der Waals surface area contributed by atoms with Crippen molar-refractivity contribution in [2.45, 2.75) is 5.33 Å². The average molecular weight is 296 g/mol.